The van der Waals surface area contributed by atoms with Gasteiger partial charge in [-0.05, 0) is 31.6 Å². The highest BCUT2D eigenvalue weighted by atomic mass is 16.7. The molecule has 0 atom stereocenters. The van der Waals surface area contributed by atoms with Gasteiger partial charge in [-0.2, -0.15) is 5.06 Å². The van der Waals surface area contributed by atoms with Gasteiger partial charge in [0.1, 0.15) is 0 Å². The molecule has 0 bridgehead atoms. The van der Waals surface area contributed by atoms with Gasteiger partial charge in [0.25, 0.3) is 0 Å². The van der Waals surface area contributed by atoms with Crippen molar-refractivity contribution >= 4 is 5.91 Å². The number of carbonyl (C=O) groups is 1. The van der Waals surface area contributed by atoms with E-state index in [9.17, 15) is 4.79 Å². The van der Waals surface area contributed by atoms with Gasteiger partial charge in [0.2, 0.25) is 5.91 Å². The first-order valence-corrected chi connectivity index (χ1v) is 7.51. The van der Waals surface area contributed by atoms with Crippen molar-refractivity contribution in [2.75, 3.05) is 20.2 Å². The maximum absolute atomic E-state index is 11.8. The summed E-state index contributed by atoms with van der Waals surface area (Å²) in [6.07, 6.45) is 8.73. The third kappa shape index (κ3) is 5.09. The van der Waals surface area contributed by atoms with Gasteiger partial charge in [-0.15, -0.1) is 0 Å². The quantitative estimate of drug-likeness (QED) is 0.777. The molecule has 2 aliphatic rings. The predicted octanol–water partition coefficient (Wildman–Crippen LogP) is 2.03. The number of hydrogen-bond acceptors (Lipinski definition) is 4. The van der Waals surface area contributed by atoms with Gasteiger partial charge in [-0.25, -0.2) is 5.48 Å². The number of hydrogen-bond donors (Lipinski definition) is 1. The van der Waals surface area contributed by atoms with Gasteiger partial charge in [-0.1, -0.05) is 19.3 Å². The van der Waals surface area contributed by atoms with E-state index in [0.29, 0.717) is 12.3 Å². The minimum absolute atomic E-state index is 0.0291. The van der Waals surface area contributed by atoms with E-state index in [4.69, 9.17) is 9.68 Å². The molecule has 1 aliphatic carbocycles. The van der Waals surface area contributed by atoms with E-state index in [1.165, 1.54) is 19.3 Å². The van der Waals surface area contributed by atoms with E-state index in [2.05, 4.69) is 5.48 Å². The van der Waals surface area contributed by atoms with Crippen molar-refractivity contribution < 1.29 is 14.5 Å². The van der Waals surface area contributed by atoms with Crippen LogP contribution in [0.3, 0.4) is 0 Å². The molecule has 0 unspecified atom stereocenters. The average Bonchev–Trinajstić information content (AvgIpc) is 2.47. The zero-order chi connectivity index (χ0) is 13.5. The summed E-state index contributed by atoms with van der Waals surface area (Å²) in [5, 5.41) is 1.95. The fraction of sp³-hybridized carbons (Fsp3) is 0.929. The van der Waals surface area contributed by atoms with Crippen LogP contribution in [0.25, 0.3) is 0 Å². The summed E-state index contributed by atoms with van der Waals surface area (Å²) in [6, 6.07) is 0. The Hall–Kier alpha value is -0.650. The molecule has 19 heavy (non-hydrogen) atoms. The van der Waals surface area contributed by atoms with Crippen LogP contribution in [-0.2, 0) is 14.5 Å². The zero-order valence-electron chi connectivity index (χ0n) is 11.9. The summed E-state index contributed by atoms with van der Waals surface area (Å²) in [5.74, 6) is 0.489. The molecule has 5 heteroatoms. The van der Waals surface area contributed by atoms with Crippen LogP contribution in [-0.4, -0.2) is 37.3 Å². The highest BCUT2D eigenvalue weighted by Gasteiger charge is 2.22. The molecule has 1 aliphatic heterocycles. The van der Waals surface area contributed by atoms with E-state index in [1.807, 2.05) is 5.06 Å². The van der Waals surface area contributed by atoms with Crippen molar-refractivity contribution in [1.82, 2.24) is 10.5 Å². The topological polar surface area (TPSA) is 50.8 Å². The van der Waals surface area contributed by atoms with Gasteiger partial charge in [0.05, 0.1) is 13.2 Å². The van der Waals surface area contributed by atoms with Gasteiger partial charge in [0, 0.05) is 19.5 Å². The van der Waals surface area contributed by atoms with E-state index in [1.54, 1.807) is 7.11 Å². The van der Waals surface area contributed by atoms with Crippen LogP contribution >= 0.6 is 0 Å². The standard InChI is InChI=1S/C14H26N2O3/c1-18-16-9-7-12(8-10-16)11-14(17)15-19-13-5-3-2-4-6-13/h12-13H,2-11H2,1H3,(H,15,17). The second-order valence-electron chi connectivity index (χ2n) is 5.66. The van der Waals surface area contributed by atoms with Crippen molar-refractivity contribution in [3.63, 3.8) is 0 Å². The van der Waals surface area contributed by atoms with Gasteiger partial charge >= 0.3 is 0 Å². The summed E-state index contributed by atoms with van der Waals surface area (Å²) in [6.45, 7) is 1.83. The molecule has 110 valence electrons. The number of carbonyl (C=O) groups excluding carboxylic acids is 1. The second kappa shape index (κ2) is 7.82. The molecule has 0 aromatic carbocycles. The summed E-state index contributed by atoms with van der Waals surface area (Å²) in [4.78, 5) is 22.5. The summed E-state index contributed by atoms with van der Waals surface area (Å²) in [5.41, 5.74) is 2.64. The number of hydroxylamine groups is 3. The Morgan fingerprint density at radius 3 is 2.47 bits per heavy atom. The monoisotopic (exact) mass is 270 g/mol. The average molecular weight is 270 g/mol. The first-order valence-electron chi connectivity index (χ1n) is 7.51. The van der Waals surface area contributed by atoms with E-state index >= 15 is 0 Å². The first kappa shape index (κ1) is 14.8. The van der Waals surface area contributed by atoms with Crippen molar-refractivity contribution in [3.05, 3.63) is 0 Å². The fourth-order valence-electron chi connectivity index (χ4n) is 2.93. The number of rotatable bonds is 5. The molecule has 0 aromatic rings. The number of nitrogens with zero attached hydrogens (tertiary/aromatic N) is 1. The van der Waals surface area contributed by atoms with Crippen LogP contribution in [0.1, 0.15) is 51.4 Å². The molecule has 1 heterocycles. The number of piperidine rings is 1. The molecule has 5 nitrogen and oxygen atoms in total. The highest BCUT2D eigenvalue weighted by molar-refractivity contribution is 5.75. The van der Waals surface area contributed by atoms with Crippen LogP contribution in [0.4, 0.5) is 0 Å². The Balaban J connectivity index is 1.59. The molecule has 0 spiro atoms. The largest absolute Gasteiger partial charge is 0.302 e. The molecular formula is C14H26N2O3. The van der Waals surface area contributed by atoms with Crippen LogP contribution in [0.2, 0.25) is 0 Å². The second-order valence-corrected chi connectivity index (χ2v) is 5.66. The van der Waals surface area contributed by atoms with E-state index < -0.39 is 0 Å². The molecular weight excluding hydrogens is 244 g/mol. The summed E-state index contributed by atoms with van der Waals surface area (Å²) in [7, 11) is 1.70. The van der Waals surface area contributed by atoms with Crippen LogP contribution in [0.15, 0.2) is 0 Å². The number of amides is 1. The van der Waals surface area contributed by atoms with Gasteiger partial charge in [-0.3, -0.25) is 9.63 Å². The Morgan fingerprint density at radius 2 is 1.84 bits per heavy atom. The van der Waals surface area contributed by atoms with E-state index in [0.717, 1.165) is 38.8 Å². The lowest BCUT2D eigenvalue weighted by Crippen LogP contribution is -2.36. The Kier molecular flexibility index (Phi) is 6.07. The molecule has 0 aromatic heterocycles. The predicted molar refractivity (Wildman–Crippen MR) is 72.0 cm³/mol. The number of nitrogens with one attached hydrogen (secondary N) is 1. The van der Waals surface area contributed by atoms with Crippen molar-refractivity contribution in [2.24, 2.45) is 5.92 Å². The maximum Gasteiger partial charge on any atom is 0.243 e. The van der Waals surface area contributed by atoms with Gasteiger partial charge in [0.15, 0.2) is 0 Å². The minimum Gasteiger partial charge on any atom is -0.302 e. The molecule has 2 fully saturated rings. The van der Waals surface area contributed by atoms with Crippen LogP contribution < -0.4 is 5.48 Å². The smallest absolute Gasteiger partial charge is 0.243 e. The Labute approximate surface area is 115 Å². The summed E-state index contributed by atoms with van der Waals surface area (Å²) >= 11 is 0. The molecule has 1 saturated heterocycles. The highest BCUT2D eigenvalue weighted by Crippen LogP contribution is 2.21. The van der Waals surface area contributed by atoms with Crippen molar-refractivity contribution in [1.29, 1.82) is 0 Å². The Bertz CT molecular complexity index is 272. The first-order chi connectivity index (χ1) is 9.28. The normalized spacial score (nSPS) is 23.4. The van der Waals surface area contributed by atoms with Crippen LogP contribution in [0, 0.1) is 5.92 Å². The molecule has 1 amide bonds. The zero-order valence-corrected chi connectivity index (χ0v) is 11.9. The summed E-state index contributed by atoms with van der Waals surface area (Å²) < 4.78 is 0. The lowest BCUT2D eigenvalue weighted by Gasteiger charge is -2.29. The SMILES string of the molecule is CON1CCC(CC(=O)NOC2CCCCC2)CC1. The molecule has 2 rings (SSSR count). The van der Waals surface area contributed by atoms with Crippen molar-refractivity contribution in [3.8, 4) is 0 Å². The molecule has 1 N–H and O–H groups in total. The molecule has 0 radical (unpaired) electrons. The minimum atomic E-state index is 0.0291. The van der Waals surface area contributed by atoms with Crippen LogP contribution in [0.5, 0.6) is 0 Å². The third-order valence-electron chi connectivity index (χ3n) is 4.20. The van der Waals surface area contributed by atoms with Gasteiger partial charge < -0.3 is 4.84 Å². The lowest BCUT2D eigenvalue weighted by atomic mass is 9.94. The van der Waals surface area contributed by atoms with Crippen molar-refractivity contribution in [2.45, 2.75) is 57.5 Å². The maximum atomic E-state index is 11.8. The van der Waals surface area contributed by atoms with E-state index in [-0.39, 0.29) is 12.0 Å². The third-order valence-corrected chi connectivity index (χ3v) is 4.20. The lowest BCUT2D eigenvalue weighted by molar-refractivity contribution is -0.153. The fourth-order valence-corrected chi connectivity index (χ4v) is 2.93. The Morgan fingerprint density at radius 1 is 1.16 bits per heavy atom. The molecule has 1 saturated carbocycles.